The monoisotopic (exact) mass is 201 g/mol. The van der Waals surface area contributed by atoms with Crippen molar-refractivity contribution >= 4 is 5.97 Å². The third-order valence-corrected chi connectivity index (χ3v) is 2.54. The molecule has 0 aromatic rings. The van der Waals surface area contributed by atoms with E-state index >= 15 is 0 Å². The molecule has 1 atom stereocenters. The summed E-state index contributed by atoms with van der Waals surface area (Å²) < 4.78 is 10.4. The molecule has 1 fully saturated rings. The van der Waals surface area contributed by atoms with Gasteiger partial charge in [0.15, 0.2) is 0 Å². The van der Waals surface area contributed by atoms with Gasteiger partial charge < -0.3 is 15.2 Å². The molecular formula is C10H19NO3. The smallest absolute Gasteiger partial charge is 0.313 e. The lowest BCUT2D eigenvalue weighted by molar-refractivity contribution is -0.157. The molecule has 82 valence electrons. The SMILES string of the molecule is CCOCC(C)OC(=O)C1(CN)CC1. The molecular weight excluding hydrogens is 182 g/mol. The minimum absolute atomic E-state index is 0.160. The van der Waals surface area contributed by atoms with E-state index in [9.17, 15) is 4.79 Å². The van der Waals surface area contributed by atoms with Crippen LogP contribution in [0.15, 0.2) is 0 Å². The van der Waals surface area contributed by atoms with Gasteiger partial charge in [-0.1, -0.05) is 0 Å². The van der Waals surface area contributed by atoms with Crippen molar-refractivity contribution in [3.63, 3.8) is 0 Å². The van der Waals surface area contributed by atoms with Gasteiger partial charge in [0.25, 0.3) is 0 Å². The van der Waals surface area contributed by atoms with Crippen LogP contribution in [-0.2, 0) is 14.3 Å². The largest absolute Gasteiger partial charge is 0.460 e. The van der Waals surface area contributed by atoms with E-state index in [1.165, 1.54) is 0 Å². The van der Waals surface area contributed by atoms with Crippen molar-refractivity contribution in [2.75, 3.05) is 19.8 Å². The summed E-state index contributed by atoms with van der Waals surface area (Å²) in [6.07, 6.45) is 1.55. The van der Waals surface area contributed by atoms with E-state index in [0.717, 1.165) is 12.8 Å². The molecule has 0 aromatic heterocycles. The molecule has 0 heterocycles. The fourth-order valence-electron chi connectivity index (χ4n) is 1.27. The minimum atomic E-state index is -0.361. The number of hydrogen-bond donors (Lipinski definition) is 1. The predicted molar refractivity (Wildman–Crippen MR) is 52.8 cm³/mol. The summed E-state index contributed by atoms with van der Waals surface area (Å²) in [6.45, 7) is 5.25. The second-order valence-corrected chi connectivity index (χ2v) is 3.86. The molecule has 1 saturated carbocycles. The zero-order valence-electron chi connectivity index (χ0n) is 8.91. The molecule has 0 amide bonds. The first kappa shape index (κ1) is 11.5. The predicted octanol–water partition coefficient (Wildman–Crippen LogP) is 0.694. The van der Waals surface area contributed by atoms with Crippen LogP contribution >= 0.6 is 0 Å². The van der Waals surface area contributed by atoms with Gasteiger partial charge in [-0.05, 0) is 26.7 Å². The van der Waals surface area contributed by atoms with Crippen LogP contribution in [0, 0.1) is 5.41 Å². The first-order valence-electron chi connectivity index (χ1n) is 5.13. The van der Waals surface area contributed by atoms with Crippen LogP contribution in [-0.4, -0.2) is 31.8 Å². The Morgan fingerprint density at radius 1 is 1.57 bits per heavy atom. The highest BCUT2D eigenvalue weighted by atomic mass is 16.6. The Balaban J connectivity index is 2.26. The second-order valence-electron chi connectivity index (χ2n) is 3.86. The average molecular weight is 201 g/mol. The molecule has 0 bridgehead atoms. The lowest BCUT2D eigenvalue weighted by atomic mass is 10.1. The Kier molecular flexibility index (Phi) is 3.89. The van der Waals surface area contributed by atoms with Gasteiger partial charge in [-0.2, -0.15) is 0 Å². The van der Waals surface area contributed by atoms with Gasteiger partial charge in [0.1, 0.15) is 6.10 Å². The van der Waals surface area contributed by atoms with Gasteiger partial charge in [-0.15, -0.1) is 0 Å². The van der Waals surface area contributed by atoms with E-state index < -0.39 is 0 Å². The Morgan fingerprint density at radius 3 is 2.64 bits per heavy atom. The number of rotatable bonds is 6. The normalized spacial score (nSPS) is 20.2. The number of hydrogen-bond acceptors (Lipinski definition) is 4. The van der Waals surface area contributed by atoms with Crippen molar-refractivity contribution in [2.45, 2.75) is 32.8 Å². The van der Waals surface area contributed by atoms with Crippen molar-refractivity contribution in [2.24, 2.45) is 11.1 Å². The summed E-state index contributed by atoms with van der Waals surface area (Å²) in [7, 11) is 0. The summed E-state index contributed by atoms with van der Waals surface area (Å²) in [6, 6.07) is 0. The molecule has 4 heteroatoms. The van der Waals surface area contributed by atoms with Crippen molar-refractivity contribution in [3.8, 4) is 0 Å². The van der Waals surface area contributed by atoms with Gasteiger partial charge in [0, 0.05) is 13.2 Å². The van der Waals surface area contributed by atoms with Crippen molar-refractivity contribution in [1.82, 2.24) is 0 Å². The number of carbonyl (C=O) groups excluding carboxylic acids is 1. The van der Waals surface area contributed by atoms with Crippen molar-refractivity contribution in [1.29, 1.82) is 0 Å². The van der Waals surface area contributed by atoms with Gasteiger partial charge in [-0.3, -0.25) is 4.79 Å². The van der Waals surface area contributed by atoms with Gasteiger partial charge >= 0.3 is 5.97 Å². The molecule has 2 N–H and O–H groups in total. The summed E-state index contributed by atoms with van der Waals surface area (Å²) in [5, 5.41) is 0. The van der Waals surface area contributed by atoms with E-state index in [2.05, 4.69) is 0 Å². The molecule has 14 heavy (non-hydrogen) atoms. The zero-order chi connectivity index (χ0) is 10.6. The molecule has 0 aromatic carbocycles. The Hall–Kier alpha value is -0.610. The van der Waals surface area contributed by atoms with Gasteiger partial charge in [0.2, 0.25) is 0 Å². The highest BCUT2D eigenvalue weighted by molar-refractivity contribution is 5.80. The van der Waals surface area contributed by atoms with Crippen LogP contribution in [0.1, 0.15) is 26.7 Å². The fourth-order valence-corrected chi connectivity index (χ4v) is 1.27. The Morgan fingerprint density at radius 2 is 2.21 bits per heavy atom. The third kappa shape index (κ3) is 2.69. The summed E-state index contributed by atoms with van der Waals surface area (Å²) in [4.78, 5) is 11.6. The standard InChI is InChI=1S/C10H19NO3/c1-3-13-6-8(2)14-9(12)10(7-11)4-5-10/h8H,3-7,11H2,1-2H3. The van der Waals surface area contributed by atoms with E-state index in [4.69, 9.17) is 15.2 Å². The fraction of sp³-hybridized carbons (Fsp3) is 0.900. The number of carbonyl (C=O) groups is 1. The molecule has 1 aliphatic carbocycles. The maximum absolute atomic E-state index is 11.6. The van der Waals surface area contributed by atoms with Crippen LogP contribution in [0.25, 0.3) is 0 Å². The topological polar surface area (TPSA) is 61.5 Å². The average Bonchev–Trinajstić information content (AvgIpc) is 2.95. The Bertz CT molecular complexity index is 202. The minimum Gasteiger partial charge on any atom is -0.460 e. The highest BCUT2D eigenvalue weighted by Crippen LogP contribution is 2.45. The Labute approximate surface area is 84.7 Å². The maximum Gasteiger partial charge on any atom is 0.313 e. The van der Waals surface area contributed by atoms with Crippen LogP contribution < -0.4 is 5.73 Å². The lowest BCUT2D eigenvalue weighted by Gasteiger charge is -2.17. The molecule has 0 spiro atoms. The van der Waals surface area contributed by atoms with E-state index in [1.807, 2.05) is 13.8 Å². The first-order valence-corrected chi connectivity index (χ1v) is 5.13. The van der Waals surface area contributed by atoms with Crippen LogP contribution in [0.5, 0.6) is 0 Å². The number of nitrogens with two attached hydrogens (primary N) is 1. The molecule has 1 aliphatic rings. The van der Waals surface area contributed by atoms with E-state index in [0.29, 0.717) is 19.8 Å². The quantitative estimate of drug-likeness (QED) is 0.642. The number of esters is 1. The molecule has 1 unspecified atom stereocenters. The summed E-state index contributed by atoms with van der Waals surface area (Å²) >= 11 is 0. The molecule has 0 radical (unpaired) electrons. The summed E-state index contributed by atoms with van der Waals surface area (Å²) in [5.41, 5.74) is 5.15. The summed E-state index contributed by atoms with van der Waals surface area (Å²) in [5.74, 6) is -0.160. The van der Waals surface area contributed by atoms with Gasteiger partial charge in [-0.25, -0.2) is 0 Å². The molecule has 1 rings (SSSR count). The lowest BCUT2D eigenvalue weighted by Crippen LogP contribution is -2.31. The second kappa shape index (κ2) is 4.75. The maximum atomic E-state index is 11.6. The third-order valence-electron chi connectivity index (χ3n) is 2.54. The molecule has 0 saturated heterocycles. The van der Waals surface area contributed by atoms with E-state index in [-0.39, 0.29) is 17.5 Å². The molecule has 4 nitrogen and oxygen atoms in total. The highest BCUT2D eigenvalue weighted by Gasteiger charge is 2.50. The van der Waals surface area contributed by atoms with E-state index in [1.54, 1.807) is 0 Å². The van der Waals surface area contributed by atoms with Crippen molar-refractivity contribution < 1.29 is 14.3 Å². The van der Waals surface area contributed by atoms with Crippen LogP contribution in [0.2, 0.25) is 0 Å². The zero-order valence-corrected chi connectivity index (χ0v) is 8.91. The van der Waals surface area contributed by atoms with Crippen molar-refractivity contribution in [3.05, 3.63) is 0 Å². The van der Waals surface area contributed by atoms with Crippen LogP contribution in [0.3, 0.4) is 0 Å². The first-order chi connectivity index (χ1) is 6.64. The van der Waals surface area contributed by atoms with Gasteiger partial charge in [0.05, 0.1) is 12.0 Å². The van der Waals surface area contributed by atoms with Crippen LogP contribution in [0.4, 0.5) is 0 Å². The number of ether oxygens (including phenoxy) is 2. The molecule has 0 aliphatic heterocycles.